The third kappa shape index (κ3) is 14.6. The van der Waals surface area contributed by atoms with Gasteiger partial charge in [0, 0.05) is 5.69 Å². The van der Waals surface area contributed by atoms with E-state index < -0.39 is 145 Å². The van der Waals surface area contributed by atoms with Crippen molar-refractivity contribution in [1.29, 1.82) is 0 Å². The Labute approximate surface area is 434 Å². The molecule has 5 aromatic rings. The number of hydrogen-bond donors (Lipinski definition) is 3. The van der Waals surface area contributed by atoms with Crippen LogP contribution in [0, 0.1) is 12.0 Å². The molecule has 36 heteroatoms. The number of aromatic hydroxyl groups is 1. The third-order valence-electron chi connectivity index (χ3n) is 7.43. The summed E-state index contributed by atoms with van der Waals surface area (Å²) in [6.07, 6.45) is -1.59. The van der Waals surface area contributed by atoms with Crippen molar-refractivity contribution in [2.45, 2.75) is 19.6 Å². The molecule has 0 aliphatic rings. The van der Waals surface area contributed by atoms with Gasteiger partial charge in [-0.2, -0.15) is 23.9 Å². The van der Waals surface area contributed by atoms with Gasteiger partial charge in [-0.25, -0.2) is 42.1 Å². The van der Waals surface area contributed by atoms with Crippen molar-refractivity contribution in [3.63, 3.8) is 0 Å². The topological polar surface area (TPSA) is 406 Å². The molecule has 0 radical (unpaired) electrons. The van der Waals surface area contributed by atoms with Crippen LogP contribution in [0.3, 0.4) is 0 Å². The van der Waals surface area contributed by atoms with Crippen molar-refractivity contribution in [3.8, 4) is 5.75 Å². The van der Waals surface area contributed by atoms with Crippen LogP contribution in [0.2, 0.25) is 5.02 Å². The maximum Gasteiger partial charge on any atom is 1.00 e. The average molecular weight is 1020 g/mol. The monoisotopic (exact) mass is 1010 g/mol. The summed E-state index contributed by atoms with van der Waals surface area (Å²) in [5.41, 5.74) is 1.34. The van der Waals surface area contributed by atoms with E-state index >= 15 is 0 Å². The molecule has 0 saturated carbocycles. The fourth-order valence-corrected chi connectivity index (χ4v) is 8.39. The average Bonchev–Trinajstić information content (AvgIpc) is 3.10. The van der Waals surface area contributed by atoms with Crippen LogP contribution in [-0.2, 0) is 54.8 Å². The summed E-state index contributed by atoms with van der Waals surface area (Å²) >= 11 is 5.73. The maximum atomic E-state index is 13.9. The largest absolute Gasteiger partial charge is 1.00 e. The van der Waals surface area contributed by atoms with E-state index in [-0.39, 0.29) is 108 Å². The van der Waals surface area contributed by atoms with Crippen LogP contribution in [0.1, 0.15) is 0 Å². The number of nitrogens with zero attached hydrogens (tertiary/aromatic N) is 6. The number of benzene rings is 4. The van der Waals surface area contributed by atoms with Gasteiger partial charge in [0.1, 0.15) is 52.4 Å². The van der Waals surface area contributed by atoms with Gasteiger partial charge in [-0.1, -0.05) is 11.6 Å². The number of nitrogens with two attached hydrogens (primary N) is 1. The molecule has 0 unspecified atom stereocenters. The van der Waals surface area contributed by atoms with Gasteiger partial charge in [-0.05, 0) is 60.0 Å². The van der Waals surface area contributed by atoms with Gasteiger partial charge in [0.2, 0.25) is 16.3 Å². The molecular formula is C28H17ClF2Li2N8Na2O16S5. The first-order valence-corrected chi connectivity index (χ1v) is 22.7. The summed E-state index contributed by atoms with van der Waals surface area (Å²) in [4.78, 5) is 1.66. The summed E-state index contributed by atoms with van der Waals surface area (Å²) in [5, 5.41) is 25.5. The summed E-state index contributed by atoms with van der Waals surface area (Å²) in [5.74, 6) is -4.54. The molecule has 64 heavy (non-hydrogen) atoms. The molecule has 0 aliphatic heterocycles. The standard InChI is InChI=1S/C28H21ClF2N8O16S5.2Li.2Na/c29-21-26(30)34-28(31)35-27(21)33-14-3-6-17(57(43,44)45)16(11-14)37-39-24-19(59(49,50)51)10-12-9-18(58(46,47)48)23(22(32)20(12)25(24)40)38-36-13-1-4-15(5-2-13)56(41,42)8-7-55-60(52,53)54;;;;/h1-6,9-11,40H,7-8,32H2,(H,33,34,35)(H,43,44,45)(H,46,47,48)(H,49,50,51)(H,52,53,54);;;;/q;4*+1/p-4. The second-order valence-electron chi connectivity index (χ2n) is 11.4. The summed E-state index contributed by atoms with van der Waals surface area (Å²) < 4.78 is 198. The Balaban J connectivity index is 0.00000512. The van der Waals surface area contributed by atoms with Gasteiger partial charge in [-0.3, -0.25) is 4.18 Å². The van der Waals surface area contributed by atoms with Crippen molar-refractivity contribution in [3.05, 3.63) is 71.6 Å². The number of sulfone groups is 1. The number of halogens is 3. The number of phenolic OH excluding ortho intramolecular Hbond substituents is 1. The van der Waals surface area contributed by atoms with Gasteiger partial charge in [0.25, 0.3) is 0 Å². The molecule has 0 saturated heterocycles. The minimum Gasteiger partial charge on any atom is -0.744 e. The number of fused-ring (bicyclic) bond motifs is 1. The van der Waals surface area contributed by atoms with Gasteiger partial charge >= 0.3 is 103 Å². The van der Waals surface area contributed by atoms with E-state index in [9.17, 15) is 74.2 Å². The van der Waals surface area contributed by atoms with Crippen molar-refractivity contribution in [2.24, 2.45) is 20.5 Å². The molecule has 1 heterocycles. The summed E-state index contributed by atoms with van der Waals surface area (Å²) in [6.45, 7) is -1.01. The summed E-state index contributed by atoms with van der Waals surface area (Å²) in [7, 11) is -26.2. The second kappa shape index (κ2) is 22.7. The van der Waals surface area contributed by atoms with Crippen molar-refractivity contribution < 1.29 is 175 Å². The number of phenols is 1. The number of rotatable bonds is 14. The molecule has 24 nitrogen and oxygen atoms in total. The van der Waals surface area contributed by atoms with Crippen LogP contribution in [0.25, 0.3) is 10.8 Å². The predicted molar refractivity (Wildman–Crippen MR) is 193 cm³/mol. The molecule has 0 fully saturated rings. The molecule has 0 aliphatic carbocycles. The normalized spacial score (nSPS) is 12.3. The zero-order valence-corrected chi connectivity index (χ0v) is 41.5. The van der Waals surface area contributed by atoms with Crippen LogP contribution in [-0.4, -0.2) is 87.7 Å². The number of aromatic nitrogens is 2. The second-order valence-corrected chi connectivity index (χ2v) is 18.9. The molecule has 5 rings (SSSR count). The number of azo groups is 2. The quantitative estimate of drug-likeness (QED) is 0.0177. The van der Waals surface area contributed by atoms with Crippen molar-refractivity contribution in [2.75, 3.05) is 23.4 Å². The van der Waals surface area contributed by atoms with E-state index in [1.54, 1.807) is 0 Å². The van der Waals surface area contributed by atoms with Crippen LogP contribution < -0.4 is 108 Å². The zero-order chi connectivity index (χ0) is 44.7. The number of nitrogens with one attached hydrogen (secondary N) is 1. The molecule has 4 aromatic carbocycles. The Morgan fingerprint density at radius 2 is 1.27 bits per heavy atom. The number of nitrogen functional groups attached to an aromatic ring is 1. The van der Waals surface area contributed by atoms with E-state index in [4.69, 9.17) is 17.3 Å². The Morgan fingerprint density at radius 3 is 1.80 bits per heavy atom. The van der Waals surface area contributed by atoms with E-state index in [1.807, 2.05) is 0 Å². The Hall–Kier alpha value is -2.29. The first-order chi connectivity index (χ1) is 27.6. The number of anilines is 3. The number of hydrogen-bond acceptors (Lipinski definition) is 24. The first-order valence-electron chi connectivity index (χ1n) is 15.1. The fraction of sp³-hybridized carbons (Fsp3) is 0.0714. The third-order valence-corrected chi connectivity index (χ3v) is 12.5. The van der Waals surface area contributed by atoms with Crippen LogP contribution in [0.15, 0.2) is 94.6 Å². The van der Waals surface area contributed by atoms with Crippen LogP contribution in [0.5, 0.6) is 5.75 Å². The Bertz CT molecular complexity index is 3260. The molecular weight excluding hydrogens is 998 g/mol. The van der Waals surface area contributed by atoms with Gasteiger partial charge in [0.05, 0.1) is 48.7 Å². The fourth-order valence-electron chi connectivity index (χ4n) is 4.89. The Kier molecular flexibility index (Phi) is 21.2. The van der Waals surface area contributed by atoms with E-state index in [1.165, 1.54) is 0 Å². The molecule has 0 amide bonds. The molecule has 0 atom stereocenters. The summed E-state index contributed by atoms with van der Waals surface area (Å²) in [6, 6.07) is 6.87. The predicted octanol–water partition coefficient (Wildman–Crippen LogP) is -8.60. The minimum absolute atomic E-state index is 0. The molecule has 1 aromatic heterocycles. The first kappa shape index (κ1) is 59.7. The molecule has 320 valence electrons. The van der Waals surface area contributed by atoms with Crippen molar-refractivity contribution >= 4 is 113 Å². The minimum atomic E-state index is -5.75. The molecule has 4 N–H and O–H groups in total. The zero-order valence-electron chi connectivity index (χ0n) is 32.6. The van der Waals surface area contributed by atoms with E-state index in [0.717, 1.165) is 30.3 Å². The SMILES string of the molecule is Nc1c(N=Nc2ccc(S(=O)(=O)CCOS(=O)(=O)[O-])cc2)c(S(=O)(=O)[O-])cc2cc(S(=O)(=O)[O-])c(N=Nc3cc(Nc4nc(F)nc(F)c4Cl)ccc3S(=O)(=O)[O-])c(O)c12.[Li+].[Li+].[Na+].[Na+]. The van der Waals surface area contributed by atoms with Gasteiger partial charge in [-0.15, -0.1) is 15.3 Å². The van der Waals surface area contributed by atoms with Gasteiger partial charge in [0.15, 0.2) is 21.4 Å². The van der Waals surface area contributed by atoms with E-state index in [0.29, 0.717) is 24.3 Å². The smallest absolute Gasteiger partial charge is 0.744 e. The molecule has 0 bridgehead atoms. The maximum absolute atomic E-state index is 13.9. The van der Waals surface area contributed by atoms with Crippen LogP contribution >= 0.6 is 11.6 Å². The van der Waals surface area contributed by atoms with E-state index in [2.05, 4.69) is 39.9 Å². The van der Waals surface area contributed by atoms with Crippen molar-refractivity contribution in [1.82, 2.24) is 9.97 Å². The van der Waals surface area contributed by atoms with Gasteiger partial charge < -0.3 is 34.4 Å². The van der Waals surface area contributed by atoms with Crippen LogP contribution in [0.4, 0.5) is 48.7 Å². The molecule has 0 spiro atoms. The Morgan fingerprint density at radius 1 is 0.734 bits per heavy atom.